The summed E-state index contributed by atoms with van der Waals surface area (Å²) < 4.78 is 43.3. The summed E-state index contributed by atoms with van der Waals surface area (Å²) in [7, 11) is 3.64. The molecule has 1 aromatic carbocycles. The predicted molar refractivity (Wildman–Crippen MR) is 127 cm³/mol. The number of aliphatic imine (C=N–C) groups is 1. The standard InChI is InChI=1S/C21H30F3N5O.HI/c1-14(9-19-15(2)28-29(5)16(19)3)27-20(25-4)26-11-17-7-6-8-18(10-17)12-30-13-21(22,23)24;/h6-8,10,14H,9,11-13H2,1-5H3,(H2,25,26,27);1H. The zero-order chi connectivity index (χ0) is 22.3. The Hall–Kier alpha value is -1.82. The maximum atomic E-state index is 12.2. The summed E-state index contributed by atoms with van der Waals surface area (Å²) in [6.45, 7) is 5.30. The number of aryl methyl sites for hydroxylation is 2. The molecule has 0 radical (unpaired) electrons. The molecule has 2 rings (SSSR count). The zero-order valence-corrected chi connectivity index (χ0v) is 20.8. The third-order valence-corrected chi connectivity index (χ3v) is 4.76. The molecule has 1 aromatic heterocycles. The Morgan fingerprint density at radius 3 is 2.52 bits per heavy atom. The molecule has 10 heteroatoms. The van der Waals surface area contributed by atoms with E-state index in [1.807, 2.05) is 30.8 Å². The highest BCUT2D eigenvalue weighted by atomic mass is 127. The van der Waals surface area contributed by atoms with E-state index in [0.29, 0.717) is 18.1 Å². The van der Waals surface area contributed by atoms with Crippen LogP contribution >= 0.6 is 24.0 Å². The van der Waals surface area contributed by atoms with Crippen molar-refractivity contribution in [2.24, 2.45) is 12.0 Å². The molecular weight excluding hydrogens is 522 g/mol. The summed E-state index contributed by atoms with van der Waals surface area (Å²) in [5.74, 6) is 0.653. The van der Waals surface area contributed by atoms with Crippen molar-refractivity contribution < 1.29 is 17.9 Å². The van der Waals surface area contributed by atoms with Gasteiger partial charge in [0.2, 0.25) is 0 Å². The summed E-state index contributed by atoms with van der Waals surface area (Å²) in [5, 5.41) is 11.1. The van der Waals surface area contributed by atoms with E-state index in [9.17, 15) is 13.2 Å². The van der Waals surface area contributed by atoms with Crippen LogP contribution in [0.3, 0.4) is 0 Å². The molecule has 31 heavy (non-hydrogen) atoms. The molecule has 0 aliphatic carbocycles. The van der Waals surface area contributed by atoms with Crippen molar-refractivity contribution in [3.05, 3.63) is 52.3 Å². The monoisotopic (exact) mass is 553 g/mol. The van der Waals surface area contributed by atoms with E-state index in [-0.39, 0.29) is 36.6 Å². The fraction of sp³-hybridized carbons (Fsp3) is 0.524. The van der Waals surface area contributed by atoms with Crippen molar-refractivity contribution in [2.45, 2.75) is 52.6 Å². The molecule has 0 amide bonds. The lowest BCUT2D eigenvalue weighted by Crippen LogP contribution is -2.42. The van der Waals surface area contributed by atoms with Crippen LogP contribution in [0.2, 0.25) is 0 Å². The van der Waals surface area contributed by atoms with Crippen molar-refractivity contribution in [3.8, 4) is 0 Å². The summed E-state index contributed by atoms with van der Waals surface area (Å²) in [5.41, 5.74) is 5.01. The predicted octanol–water partition coefficient (Wildman–Crippen LogP) is 4.03. The van der Waals surface area contributed by atoms with Crippen LogP contribution in [-0.2, 0) is 31.4 Å². The van der Waals surface area contributed by atoms with Crippen molar-refractivity contribution in [2.75, 3.05) is 13.7 Å². The fourth-order valence-corrected chi connectivity index (χ4v) is 3.20. The van der Waals surface area contributed by atoms with Crippen LogP contribution < -0.4 is 10.6 Å². The molecular formula is C21H31F3IN5O. The first kappa shape index (κ1) is 27.2. The average Bonchev–Trinajstić information content (AvgIpc) is 2.90. The van der Waals surface area contributed by atoms with Gasteiger partial charge >= 0.3 is 6.18 Å². The third-order valence-electron chi connectivity index (χ3n) is 4.76. The number of nitrogens with one attached hydrogen (secondary N) is 2. The lowest BCUT2D eigenvalue weighted by molar-refractivity contribution is -0.176. The Balaban J connectivity index is 0.00000480. The van der Waals surface area contributed by atoms with Gasteiger partial charge in [-0.25, -0.2) is 0 Å². The molecule has 0 saturated carbocycles. The van der Waals surface area contributed by atoms with E-state index in [0.717, 1.165) is 23.4 Å². The first-order valence-electron chi connectivity index (χ1n) is 9.77. The van der Waals surface area contributed by atoms with Crippen molar-refractivity contribution in [1.82, 2.24) is 20.4 Å². The van der Waals surface area contributed by atoms with Crippen molar-refractivity contribution in [1.29, 1.82) is 0 Å². The van der Waals surface area contributed by atoms with Gasteiger partial charge < -0.3 is 15.4 Å². The number of rotatable bonds is 8. The molecule has 0 spiro atoms. The second kappa shape index (κ2) is 12.3. The van der Waals surface area contributed by atoms with Gasteiger partial charge in [0.25, 0.3) is 0 Å². The first-order valence-corrected chi connectivity index (χ1v) is 9.77. The lowest BCUT2D eigenvalue weighted by atomic mass is 10.1. The fourth-order valence-electron chi connectivity index (χ4n) is 3.20. The van der Waals surface area contributed by atoms with Gasteiger partial charge in [0.1, 0.15) is 6.61 Å². The molecule has 1 atom stereocenters. The Morgan fingerprint density at radius 1 is 1.26 bits per heavy atom. The van der Waals surface area contributed by atoms with E-state index in [1.165, 1.54) is 5.56 Å². The molecule has 2 aromatic rings. The minimum absolute atomic E-state index is 0. The Kier molecular flexibility index (Phi) is 10.8. The van der Waals surface area contributed by atoms with Crippen LogP contribution in [0.15, 0.2) is 29.3 Å². The van der Waals surface area contributed by atoms with Gasteiger partial charge in [-0.3, -0.25) is 9.67 Å². The van der Waals surface area contributed by atoms with Crippen molar-refractivity contribution in [3.63, 3.8) is 0 Å². The Labute approximate surface area is 198 Å². The highest BCUT2D eigenvalue weighted by Crippen LogP contribution is 2.16. The van der Waals surface area contributed by atoms with Crippen LogP contribution in [0.4, 0.5) is 13.2 Å². The molecule has 2 N–H and O–H groups in total. The summed E-state index contributed by atoms with van der Waals surface area (Å²) in [6.07, 6.45) is -3.50. The number of benzene rings is 1. The lowest BCUT2D eigenvalue weighted by Gasteiger charge is -2.18. The average molecular weight is 553 g/mol. The number of guanidine groups is 1. The van der Waals surface area contributed by atoms with E-state index in [4.69, 9.17) is 4.74 Å². The molecule has 0 aliphatic heterocycles. The minimum atomic E-state index is -4.32. The third kappa shape index (κ3) is 9.06. The van der Waals surface area contributed by atoms with E-state index < -0.39 is 12.8 Å². The SMILES string of the molecule is CN=C(NCc1cccc(COCC(F)(F)F)c1)NC(C)Cc1c(C)nn(C)c1C.I. The number of nitrogens with zero attached hydrogens (tertiary/aromatic N) is 3. The van der Waals surface area contributed by atoms with E-state index in [1.54, 1.807) is 19.2 Å². The summed E-state index contributed by atoms with van der Waals surface area (Å²) in [4.78, 5) is 4.26. The van der Waals surface area contributed by atoms with Gasteiger partial charge in [0.15, 0.2) is 5.96 Å². The Morgan fingerprint density at radius 2 is 1.94 bits per heavy atom. The maximum absolute atomic E-state index is 12.2. The number of alkyl halides is 3. The molecule has 1 heterocycles. The number of hydrogen-bond donors (Lipinski definition) is 2. The molecule has 0 saturated heterocycles. The Bertz CT molecular complexity index is 867. The zero-order valence-electron chi connectivity index (χ0n) is 18.5. The van der Waals surface area contributed by atoms with Gasteiger partial charge in [-0.15, -0.1) is 24.0 Å². The summed E-state index contributed by atoms with van der Waals surface area (Å²) >= 11 is 0. The van der Waals surface area contributed by atoms with Crippen LogP contribution in [-0.4, -0.2) is 41.6 Å². The van der Waals surface area contributed by atoms with Gasteiger partial charge in [0, 0.05) is 32.4 Å². The van der Waals surface area contributed by atoms with E-state index >= 15 is 0 Å². The number of hydrogen-bond acceptors (Lipinski definition) is 3. The first-order chi connectivity index (χ1) is 14.1. The molecule has 174 valence electrons. The van der Waals surface area contributed by atoms with Gasteiger partial charge in [-0.2, -0.15) is 18.3 Å². The number of aromatic nitrogens is 2. The smallest absolute Gasteiger partial charge is 0.367 e. The number of halogens is 4. The van der Waals surface area contributed by atoms with Gasteiger partial charge in [0.05, 0.1) is 12.3 Å². The van der Waals surface area contributed by atoms with Crippen LogP contribution in [0.1, 0.15) is 35.0 Å². The van der Waals surface area contributed by atoms with Crippen LogP contribution in [0.5, 0.6) is 0 Å². The second-order valence-corrected chi connectivity index (χ2v) is 7.38. The molecule has 6 nitrogen and oxygen atoms in total. The second-order valence-electron chi connectivity index (χ2n) is 7.38. The summed E-state index contributed by atoms with van der Waals surface area (Å²) in [6, 6.07) is 7.41. The van der Waals surface area contributed by atoms with Crippen LogP contribution in [0.25, 0.3) is 0 Å². The minimum Gasteiger partial charge on any atom is -0.367 e. The molecule has 1 unspecified atom stereocenters. The van der Waals surface area contributed by atoms with E-state index in [2.05, 4.69) is 34.6 Å². The van der Waals surface area contributed by atoms with Gasteiger partial charge in [-0.05, 0) is 43.9 Å². The van der Waals surface area contributed by atoms with Crippen LogP contribution in [0, 0.1) is 13.8 Å². The largest absolute Gasteiger partial charge is 0.411 e. The topological polar surface area (TPSA) is 63.5 Å². The highest BCUT2D eigenvalue weighted by Gasteiger charge is 2.27. The number of ether oxygens (including phenoxy) is 1. The quantitative estimate of drug-likeness (QED) is 0.295. The normalized spacial score (nSPS) is 13.0. The van der Waals surface area contributed by atoms with Crippen molar-refractivity contribution >= 4 is 29.9 Å². The van der Waals surface area contributed by atoms with Gasteiger partial charge in [-0.1, -0.05) is 24.3 Å². The maximum Gasteiger partial charge on any atom is 0.411 e. The highest BCUT2D eigenvalue weighted by molar-refractivity contribution is 14.0. The molecule has 0 fully saturated rings. The molecule has 0 aliphatic rings. The molecule has 0 bridgehead atoms.